The minimum atomic E-state index is -0.482. The van der Waals surface area contributed by atoms with Crippen LogP contribution in [0.15, 0.2) is 22.8 Å². The molecule has 1 aromatic rings. The van der Waals surface area contributed by atoms with Crippen LogP contribution in [0.5, 0.6) is 0 Å². The maximum atomic E-state index is 11.3. The van der Waals surface area contributed by atoms with Gasteiger partial charge in [0.15, 0.2) is 0 Å². The predicted octanol–water partition coefficient (Wildman–Crippen LogP) is 0.776. The molecular weight excluding hydrogens is 222 g/mol. The minimum absolute atomic E-state index is 0.0546. The smallest absolute Gasteiger partial charge is 0.321 e. The van der Waals surface area contributed by atoms with Gasteiger partial charge in [-0.15, -0.1) is 0 Å². The Balaban J connectivity index is 2.26. The average Bonchev–Trinajstić information content (AvgIpc) is 2.79. The van der Waals surface area contributed by atoms with Crippen LogP contribution in [0.25, 0.3) is 0 Å². The second kappa shape index (κ2) is 6.70. The van der Waals surface area contributed by atoms with Crippen LogP contribution in [0.4, 0.5) is 4.79 Å². The third-order valence-electron chi connectivity index (χ3n) is 2.13. The molecule has 0 fully saturated rings. The number of hydrogen-bond acceptors (Lipinski definition) is 4. The summed E-state index contributed by atoms with van der Waals surface area (Å²) in [6.07, 6.45) is 1.57. The van der Waals surface area contributed by atoms with Crippen molar-refractivity contribution in [3.05, 3.63) is 24.2 Å². The molecule has 0 aliphatic heterocycles. The average molecular weight is 239 g/mol. The molecule has 1 rings (SSSR count). The summed E-state index contributed by atoms with van der Waals surface area (Å²) in [7, 11) is 0. The number of hydrogen-bond donors (Lipinski definition) is 3. The normalized spacial score (nSPS) is 11.9. The molecule has 3 amide bonds. The lowest BCUT2D eigenvalue weighted by atomic mass is 10.2. The SMILES string of the molecule is CCNC(=O)NC(=O)CN[C@@H](C)c1ccco1. The van der Waals surface area contributed by atoms with E-state index in [-0.39, 0.29) is 18.5 Å². The Kier molecular flexibility index (Phi) is 5.22. The molecule has 0 aromatic carbocycles. The van der Waals surface area contributed by atoms with E-state index in [1.54, 1.807) is 19.3 Å². The van der Waals surface area contributed by atoms with Crippen molar-refractivity contribution in [1.29, 1.82) is 0 Å². The number of amides is 3. The van der Waals surface area contributed by atoms with E-state index < -0.39 is 6.03 Å². The third kappa shape index (κ3) is 4.69. The first-order valence-corrected chi connectivity index (χ1v) is 5.48. The summed E-state index contributed by atoms with van der Waals surface area (Å²) in [4.78, 5) is 22.4. The van der Waals surface area contributed by atoms with E-state index in [1.165, 1.54) is 0 Å². The quantitative estimate of drug-likeness (QED) is 0.709. The molecule has 1 aromatic heterocycles. The van der Waals surface area contributed by atoms with Gasteiger partial charge in [0.05, 0.1) is 18.8 Å². The molecule has 0 aliphatic carbocycles. The monoisotopic (exact) mass is 239 g/mol. The number of nitrogens with one attached hydrogen (secondary N) is 3. The molecular formula is C11H17N3O3. The summed E-state index contributed by atoms with van der Waals surface area (Å²) < 4.78 is 5.17. The van der Waals surface area contributed by atoms with Gasteiger partial charge in [0.1, 0.15) is 5.76 Å². The molecule has 94 valence electrons. The summed E-state index contributed by atoms with van der Waals surface area (Å²) in [5.41, 5.74) is 0. The van der Waals surface area contributed by atoms with Gasteiger partial charge >= 0.3 is 6.03 Å². The third-order valence-corrected chi connectivity index (χ3v) is 2.13. The zero-order valence-corrected chi connectivity index (χ0v) is 9.95. The van der Waals surface area contributed by atoms with Gasteiger partial charge < -0.3 is 9.73 Å². The highest BCUT2D eigenvalue weighted by atomic mass is 16.3. The molecule has 0 saturated carbocycles. The number of urea groups is 1. The lowest BCUT2D eigenvalue weighted by Gasteiger charge is -2.10. The van der Waals surface area contributed by atoms with Crippen molar-refractivity contribution >= 4 is 11.9 Å². The summed E-state index contributed by atoms with van der Waals surface area (Å²) in [6, 6.07) is 3.04. The van der Waals surface area contributed by atoms with Crippen molar-refractivity contribution in [3.63, 3.8) is 0 Å². The highest BCUT2D eigenvalue weighted by Gasteiger charge is 2.11. The van der Waals surface area contributed by atoms with E-state index >= 15 is 0 Å². The van der Waals surface area contributed by atoms with Crippen molar-refractivity contribution in [2.75, 3.05) is 13.1 Å². The summed E-state index contributed by atoms with van der Waals surface area (Å²) in [5, 5.41) is 7.62. The number of imide groups is 1. The Bertz CT molecular complexity index is 362. The van der Waals surface area contributed by atoms with Crippen molar-refractivity contribution in [2.45, 2.75) is 19.9 Å². The molecule has 0 saturated heterocycles. The van der Waals surface area contributed by atoms with Crippen molar-refractivity contribution in [2.24, 2.45) is 0 Å². The minimum Gasteiger partial charge on any atom is -0.468 e. The lowest BCUT2D eigenvalue weighted by Crippen LogP contribution is -2.43. The topological polar surface area (TPSA) is 83.4 Å². The van der Waals surface area contributed by atoms with E-state index in [0.717, 1.165) is 5.76 Å². The summed E-state index contributed by atoms with van der Waals surface area (Å²) in [6.45, 7) is 4.19. The highest BCUT2D eigenvalue weighted by molar-refractivity contribution is 5.95. The van der Waals surface area contributed by atoms with E-state index in [2.05, 4.69) is 16.0 Å². The van der Waals surface area contributed by atoms with Crippen LogP contribution >= 0.6 is 0 Å². The van der Waals surface area contributed by atoms with Crippen LogP contribution in [-0.2, 0) is 4.79 Å². The van der Waals surface area contributed by atoms with Crippen molar-refractivity contribution < 1.29 is 14.0 Å². The zero-order valence-electron chi connectivity index (χ0n) is 9.95. The predicted molar refractivity (Wildman–Crippen MR) is 62.3 cm³/mol. The standard InChI is InChI=1S/C11H17N3O3/c1-3-12-11(16)14-10(15)7-13-8(2)9-5-4-6-17-9/h4-6,8,13H,3,7H2,1-2H3,(H2,12,14,15,16)/t8-/m0/s1. The van der Waals surface area contributed by atoms with Crippen LogP contribution in [0.3, 0.4) is 0 Å². The summed E-state index contributed by atoms with van der Waals surface area (Å²) >= 11 is 0. The van der Waals surface area contributed by atoms with Gasteiger partial charge in [0.25, 0.3) is 0 Å². The molecule has 6 nitrogen and oxygen atoms in total. The van der Waals surface area contributed by atoms with E-state index in [0.29, 0.717) is 6.54 Å². The second-order valence-corrected chi connectivity index (χ2v) is 3.53. The second-order valence-electron chi connectivity index (χ2n) is 3.53. The molecule has 0 radical (unpaired) electrons. The maximum absolute atomic E-state index is 11.3. The van der Waals surface area contributed by atoms with E-state index in [1.807, 2.05) is 13.0 Å². The van der Waals surface area contributed by atoms with Gasteiger partial charge in [-0.3, -0.25) is 15.4 Å². The molecule has 0 unspecified atom stereocenters. The fraction of sp³-hybridized carbons (Fsp3) is 0.455. The van der Waals surface area contributed by atoms with Crippen molar-refractivity contribution in [3.8, 4) is 0 Å². The first-order valence-electron chi connectivity index (χ1n) is 5.48. The van der Waals surface area contributed by atoms with Gasteiger partial charge in [-0.25, -0.2) is 4.79 Å². The van der Waals surface area contributed by atoms with Gasteiger partial charge in [-0.05, 0) is 26.0 Å². The van der Waals surface area contributed by atoms with E-state index in [4.69, 9.17) is 4.42 Å². The largest absolute Gasteiger partial charge is 0.468 e. The van der Waals surface area contributed by atoms with E-state index in [9.17, 15) is 9.59 Å². The Hall–Kier alpha value is -1.82. The molecule has 17 heavy (non-hydrogen) atoms. The molecule has 0 bridgehead atoms. The molecule has 1 heterocycles. The number of furan rings is 1. The van der Waals surface area contributed by atoms with Crippen molar-refractivity contribution in [1.82, 2.24) is 16.0 Å². The van der Waals surface area contributed by atoms with Crippen LogP contribution in [0, 0.1) is 0 Å². The summed E-state index contributed by atoms with van der Waals surface area (Å²) in [5.74, 6) is 0.366. The molecule has 0 aliphatic rings. The van der Waals surface area contributed by atoms with Gasteiger partial charge in [-0.2, -0.15) is 0 Å². The lowest BCUT2D eigenvalue weighted by molar-refractivity contribution is -0.119. The van der Waals surface area contributed by atoms with Crippen LogP contribution in [-0.4, -0.2) is 25.0 Å². The van der Waals surface area contributed by atoms with Crippen LogP contribution in [0.1, 0.15) is 25.6 Å². The first-order chi connectivity index (χ1) is 8.13. The van der Waals surface area contributed by atoms with Gasteiger partial charge in [0.2, 0.25) is 5.91 Å². The molecule has 3 N–H and O–H groups in total. The Morgan fingerprint density at radius 1 is 1.47 bits per heavy atom. The number of carbonyl (C=O) groups is 2. The fourth-order valence-electron chi connectivity index (χ4n) is 1.26. The fourth-order valence-corrected chi connectivity index (χ4v) is 1.26. The van der Waals surface area contributed by atoms with Crippen LogP contribution < -0.4 is 16.0 Å². The Morgan fingerprint density at radius 3 is 2.82 bits per heavy atom. The number of rotatable bonds is 5. The molecule has 0 spiro atoms. The molecule has 1 atom stereocenters. The van der Waals surface area contributed by atoms with Gasteiger partial charge in [0, 0.05) is 6.54 Å². The Labute approximate surface area is 99.8 Å². The number of carbonyl (C=O) groups excluding carboxylic acids is 2. The zero-order chi connectivity index (χ0) is 12.7. The maximum Gasteiger partial charge on any atom is 0.321 e. The van der Waals surface area contributed by atoms with Crippen LogP contribution in [0.2, 0.25) is 0 Å². The Morgan fingerprint density at radius 2 is 2.24 bits per heavy atom. The molecule has 6 heteroatoms. The highest BCUT2D eigenvalue weighted by Crippen LogP contribution is 2.11. The van der Waals surface area contributed by atoms with Gasteiger partial charge in [-0.1, -0.05) is 0 Å². The first kappa shape index (κ1) is 13.2.